The van der Waals surface area contributed by atoms with E-state index in [4.69, 9.17) is 0 Å². The van der Waals surface area contributed by atoms with Gasteiger partial charge >= 0.3 is 0 Å². The molecular formula is C16H25NO3S. The zero-order valence-electron chi connectivity index (χ0n) is 13.2. The van der Waals surface area contributed by atoms with Crippen molar-refractivity contribution in [2.75, 3.05) is 12.8 Å². The molecule has 0 aliphatic heterocycles. The third kappa shape index (κ3) is 1.50. The van der Waals surface area contributed by atoms with Gasteiger partial charge in [-0.3, -0.25) is 4.79 Å². The molecule has 0 saturated heterocycles. The van der Waals surface area contributed by atoms with Crippen LogP contribution in [0.5, 0.6) is 0 Å². The lowest BCUT2D eigenvalue weighted by Gasteiger charge is -2.65. The van der Waals surface area contributed by atoms with Gasteiger partial charge in [0.05, 0.1) is 5.75 Å². The first-order chi connectivity index (χ1) is 9.63. The molecule has 21 heavy (non-hydrogen) atoms. The minimum atomic E-state index is -3.36. The Morgan fingerprint density at radius 2 is 1.86 bits per heavy atom. The predicted molar refractivity (Wildman–Crippen MR) is 80.2 cm³/mol. The Morgan fingerprint density at radius 3 is 2.24 bits per heavy atom. The summed E-state index contributed by atoms with van der Waals surface area (Å²) in [7, 11) is -1.62. The number of ketones is 1. The summed E-state index contributed by atoms with van der Waals surface area (Å²) in [5.41, 5.74) is -0.893. The summed E-state index contributed by atoms with van der Waals surface area (Å²) >= 11 is 0. The lowest BCUT2D eigenvalue weighted by Crippen LogP contribution is -2.69. The van der Waals surface area contributed by atoms with Gasteiger partial charge in [-0.2, -0.15) is 4.31 Å². The third-order valence-electron chi connectivity index (χ3n) is 7.66. The van der Waals surface area contributed by atoms with Gasteiger partial charge in [-0.05, 0) is 49.4 Å². The van der Waals surface area contributed by atoms with E-state index in [0.717, 1.165) is 38.0 Å². The molecule has 5 aliphatic rings. The molecule has 2 atom stereocenters. The van der Waals surface area contributed by atoms with E-state index in [0.29, 0.717) is 12.3 Å². The highest BCUT2D eigenvalue weighted by atomic mass is 32.2. The number of Topliss-reactive ketones (excluding diaryl/α,β-unsaturated/α-hetero) is 1. The Morgan fingerprint density at radius 1 is 1.24 bits per heavy atom. The van der Waals surface area contributed by atoms with Gasteiger partial charge in [-0.15, -0.1) is 0 Å². The fourth-order valence-electron chi connectivity index (χ4n) is 5.63. The van der Waals surface area contributed by atoms with Crippen LogP contribution in [0.25, 0.3) is 0 Å². The number of sulfonamides is 1. The highest BCUT2D eigenvalue weighted by molar-refractivity contribution is 7.89. The number of carbonyl (C=O) groups excluding carboxylic acids is 1. The molecule has 5 saturated carbocycles. The first kappa shape index (κ1) is 14.2. The highest BCUT2D eigenvalue weighted by Crippen LogP contribution is 2.65. The first-order valence-corrected chi connectivity index (χ1v) is 9.74. The van der Waals surface area contributed by atoms with Gasteiger partial charge < -0.3 is 0 Å². The molecule has 4 bridgehead atoms. The van der Waals surface area contributed by atoms with Crippen LogP contribution in [0.3, 0.4) is 0 Å². The molecule has 118 valence electrons. The molecule has 0 spiro atoms. The Kier molecular flexibility index (Phi) is 2.52. The molecule has 0 radical (unpaired) electrons. The van der Waals surface area contributed by atoms with Crippen LogP contribution >= 0.6 is 0 Å². The predicted octanol–water partition coefficient (Wildman–Crippen LogP) is 2.20. The van der Waals surface area contributed by atoms with E-state index in [1.807, 2.05) is 0 Å². The molecule has 0 aromatic rings. The molecule has 5 aliphatic carbocycles. The number of hydrogen-bond donors (Lipinski definition) is 0. The average Bonchev–Trinajstić information content (AvgIpc) is 2.58. The maximum Gasteiger partial charge on any atom is 0.215 e. The Hall–Kier alpha value is -0.420. The summed E-state index contributed by atoms with van der Waals surface area (Å²) in [5.74, 6) is 1.35. The summed E-state index contributed by atoms with van der Waals surface area (Å²) in [6, 6.07) is 0. The quantitative estimate of drug-likeness (QED) is 0.800. The van der Waals surface area contributed by atoms with Crippen LogP contribution in [0.2, 0.25) is 0 Å². The van der Waals surface area contributed by atoms with Crippen LogP contribution in [-0.4, -0.2) is 36.8 Å². The van der Waals surface area contributed by atoms with Crippen molar-refractivity contribution in [2.24, 2.45) is 22.7 Å². The maximum absolute atomic E-state index is 12.9. The Bertz CT molecular complexity index is 606. The molecule has 5 fully saturated rings. The molecule has 5 rings (SSSR count). The van der Waals surface area contributed by atoms with Crippen LogP contribution < -0.4 is 0 Å². The van der Waals surface area contributed by atoms with Crippen molar-refractivity contribution in [1.82, 2.24) is 4.31 Å². The van der Waals surface area contributed by atoms with E-state index in [9.17, 15) is 13.2 Å². The van der Waals surface area contributed by atoms with Crippen molar-refractivity contribution in [2.45, 2.75) is 57.9 Å². The molecule has 0 heterocycles. The maximum atomic E-state index is 12.9. The summed E-state index contributed by atoms with van der Waals surface area (Å²) in [5, 5.41) is 0. The highest BCUT2D eigenvalue weighted by Gasteiger charge is 2.67. The zero-order valence-corrected chi connectivity index (χ0v) is 14.0. The van der Waals surface area contributed by atoms with Crippen molar-refractivity contribution >= 4 is 15.8 Å². The van der Waals surface area contributed by atoms with E-state index in [1.165, 1.54) is 0 Å². The van der Waals surface area contributed by atoms with E-state index in [-0.39, 0.29) is 22.5 Å². The van der Waals surface area contributed by atoms with Gasteiger partial charge in [0.2, 0.25) is 10.0 Å². The van der Waals surface area contributed by atoms with Crippen molar-refractivity contribution < 1.29 is 13.2 Å². The number of rotatable bonds is 4. The summed E-state index contributed by atoms with van der Waals surface area (Å²) in [6.45, 7) is 4.21. The Balaban J connectivity index is 1.64. The Labute approximate surface area is 127 Å². The smallest absolute Gasteiger partial charge is 0.215 e. The van der Waals surface area contributed by atoms with E-state index in [1.54, 1.807) is 11.4 Å². The zero-order chi connectivity index (χ0) is 15.3. The number of carbonyl (C=O) groups is 1. The van der Waals surface area contributed by atoms with Gasteiger partial charge in [0.1, 0.15) is 5.78 Å². The monoisotopic (exact) mass is 311 g/mol. The number of nitrogens with zero attached hydrogens (tertiary/aromatic N) is 1. The standard InChI is InChI=1S/C16H25NO3S/c1-14(2)12-4-5-16(14,13(18)6-12)10-21(19,20)17(3)15-7-11(8-15)9-15/h11-12H,4-10H2,1-3H3. The average molecular weight is 311 g/mol. The van der Waals surface area contributed by atoms with Gasteiger partial charge in [0.25, 0.3) is 0 Å². The summed E-state index contributed by atoms with van der Waals surface area (Å²) in [6.07, 6.45) is 5.41. The molecule has 0 amide bonds. The number of fused-ring (bicyclic) bond motifs is 2. The minimum absolute atomic E-state index is 0.0330. The third-order valence-corrected chi connectivity index (χ3v) is 9.74. The van der Waals surface area contributed by atoms with Gasteiger partial charge in [-0.1, -0.05) is 13.8 Å². The topological polar surface area (TPSA) is 54.5 Å². The molecule has 2 unspecified atom stereocenters. The van der Waals surface area contributed by atoms with Crippen molar-refractivity contribution in [1.29, 1.82) is 0 Å². The molecule has 5 heteroatoms. The number of hydrogen-bond acceptors (Lipinski definition) is 3. The lowest BCUT2D eigenvalue weighted by molar-refractivity contribution is -0.128. The fourth-order valence-corrected chi connectivity index (χ4v) is 7.94. The second kappa shape index (κ2) is 3.73. The van der Waals surface area contributed by atoms with Crippen LogP contribution in [0, 0.1) is 22.7 Å². The van der Waals surface area contributed by atoms with Crippen LogP contribution in [0.1, 0.15) is 52.4 Å². The van der Waals surface area contributed by atoms with E-state index in [2.05, 4.69) is 13.8 Å². The summed E-state index contributed by atoms with van der Waals surface area (Å²) < 4.78 is 27.5. The van der Waals surface area contributed by atoms with Crippen LogP contribution in [0.4, 0.5) is 0 Å². The molecule has 0 N–H and O–H groups in total. The van der Waals surface area contributed by atoms with Crippen molar-refractivity contribution in [3.05, 3.63) is 0 Å². The van der Waals surface area contributed by atoms with Crippen molar-refractivity contribution in [3.63, 3.8) is 0 Å². The molecule has 4 nitrogen and oxygen atoms in total. The largest absolute Gasteiger partial charge is 0.299 e. The van der Waals surface area contributed by atoms with Crippen LogP contribution in [-0.2, 0) is 14.8 Å². The SMILES string of the molecule is CN(C12CC(C1)C2)S(=O)(=O)CC12CCC(CC1=O)C2(C)C. The normalized spacial score (nSPS) is 46.6. The second-order valence-electron chi connectivity index (χ2n) is 8.59. The molecule has 0 aromatic carbocycles. The summed E-state index contributed by atoms with van der Waals surface area (Å²) in [4.78, 5) is 12.5. The van der Waals surface area contributed by atoms with E-state index < -0.39 is 15.4 Å². The molecule has 0 aromatic heterocycles. The first-order valence-electron chi connectivity index (χ1n) is 8.13. The fraction of sp³-hybridized carbons (Fsp3) is 0.938. The molecular weight excluding hydrogens is 286 g/mol. The van der Waals surface area contributed by atoms with E-state index >= 15 is 0 Å². The van der Waals surface area contributed by atoms with Gasteiger partial charge in [0.15, 0.2) is 0 Å². The lowest BCUT2D eigenvalue weighted by atomic mass is 9.50. The van der Waals surface area contributed by atoms with Crippen LogP contribution in [0.15, 0.2) is 0 Å². The minimum Gasteiger partial charge on any atom is -0.299 e. The van der Waals surface area contributed by atoms with Gasteiger partial charge in [0, 0.05) is 24.4 Å². The van der Waals surface area contributed by atoms with Crippen molar-refractivity contribution in [3.8, 4) is 0 Å². The van der Waals surface area contributed by atoms with Gasteiger partial charge in [-0.25, -0.2) is 8.42 Å². The second-order valence-corrected chi connectivity index (χ2v) is 10.6.